The average Bonchev–Trinajstić information content (AvgIpc) is 2.53. The van der Waals surface area contributed by atoms with Crippen molar-refractivity contribution in [1.82, 2.24) is 0 Å². The molecule has 1 aliphatic heterocycles. The Labute approximate surface area is 125 Å². The molecule has 0 fully saturated rings. The molecule has 1 amide bonds. The molecule has 3 heteroatoms. The minimum atomic E-state index is -0.00114. The van der Waals surface area contributed by atoms with Crippen molar-refractivity contribution in [3.05, 3.63) is 65.2 Å². The normalized spacial score (nSPS) is 17.4. The van der Waals surface area contributed by atoms with E-state index >= 15 is 0 Å². The lowest BCUT2D eigenvalue weighted by atomic mass is 9.97. The molecule has 2 N–H and O–H groups in total. The summed E-state index contributed by atoms with van der Waals surface area (Å²) in [6.45, 7) is 2.68. The van der Waals surface area contributed by atoms with E-state index in [1.54, 1.807) is 0 Å². The van der Waals surface area contributed by atoms with Crippen molar-refractivity contribution in [2.24, 2.45) is 5.73 Å². The number of anilines is 1. The van der Waals surface area contributed by atoms with Gasteiger partial charge in [-0.3, -0.25) is 4.79 Å². The average molecular weight is 280 g/mol. The minimum absolute atomic E-state index is 0.00114. The Morgan fingerprint density at radius 1 is 1.19 bits per heavy atom. The highest BCUT2D eigenvalue weighted by Crippen LogP contribution is 2.27. The van der Waals surface area contributed by atoms with Gasteiger partial charge in [0, 0.05) is 23.8 Å². The molecular formula is C18H20N2O. The van der Waals surface area contributed by atoms with Crippen LogP contribution in [0.3, 0.4) is 0 Å². The molecule has 0 aromatic heterocycles. The molecule has 1 aliphatic rings. The monoisotopic (exact) mass is 280 g/mol. The lowest BCUT2D eigenvalue weighted by Crippen LogP contribution is -2.46. The lowest BCUT2D eigenvalue weighted by Gasteiger charge is -2.33. The van der Waals surface area contributed by atoms with Gasteiger partial charge in [-0.05, 0) is 42.2 Å². The summed E-state index contributed by atoms with van der Waals surface area (Å²) in [6.07, 6.45) is 1.81. The second kappa shape index (κ2) is 5.70. The number of fused-ring (bicyclic) bond motifs is 1. The predicted molar refractivity (Wildman–Crippen MR) is 85.6 cm³/mol. The van der Waals surface area contributed by atoms with E-state index in [1.165, 1.54) is 5.56 Å². The van der Waals surface area contributed by atoms with Gasteiger partial charge < -0.3 is 10.6 Å². The summed E-state index contributed by atoms with van der Waals surface area (Å²) in [5, 5.41) is 0. The van der Waals surface area contributed by atoms with Gasteiger partial charge in [-0.15, -0.1) is 0 Å². The smallest absolute Gasteiger partial charge is 0.258 e. The van der Waals surface area contributed by atoms with Crippen LogP contribution in [0.25, 0.3) is 0 Å². The molecule has 108 valence electrons. The van der Waals surface area contributed by atoms with Gasteiger partial charge in [0.15, 0.2) is 0 Å². The van der Waals surface area contributed by atoms with E-state index in [-0.39, 0.29) is 11.9 Å². The highest BCUT2D eigenvalue weighted by Gasteiger charge is 2.26. The van der Waals surface area contributed by atoms with Gasteiger partial charge in [0.05, 0.1) is 0 Å². The molecule has 21 heavy (non-hydrogen) atoms. The summed E-state index contributed by atoms with van der Waals surface area (Å²) in [4.78, 5) is 14.6. The number of carbonyl (C=O) groups is 1. The fourth-order valence-corrected chi connectivity index (χ4v) is 2.86. The van der Waals surface area contributed by atoms with Crippen LogP contribution < -0.4 is 10.6 Å². The van der Waals surface area contributed by atoms with Gasteiger partial charge in [-0.2, -0.15) is 0 Å². The zero-order valence-corrected chi connectivity index (χ0v) is 12.3. The predicted octanol–water partition coefficient (Wildman–Crippen LogP) is 2.78. The van der Waals surface area contributed by atoms with Crippen molar-refractivity contribution < 1.29 is 4.79 Å². The Morgan fingerprint density at radius 2 is 1.90 bits per heavy atom. The maximum Gasteiger partial charge on any atom is 0.258 e. The Morgan fingerprint density at radius 3 is 2.62 bits per heavy atom. The van der Waals surface area contributed by atoms with Crippen LogP contribution in [0.5, 0.6) is 0 Å². The second-order valence-electron chi connectivity index (χ2n) is 5.56. The number of hydrogen-bond acceptors (Lipinski definition) is 2. The van der Waals surface area contributed by atoms with Crippen LogP contribution in [0.1, 0.15) is 28.4 Å². The van der Waals surface area contributed by atoms with Crippen LogP contribution in [0, 0.1) is 0 Å². The first kappa shape index (κ1) is 13.8. The largest absolute Gasteiger partial charge is 0.326 e. The summed E-state index contributed by atoms with van der Waals surface area (Å²) in [5.74, 6) is 0.0280. The van der Waals surface area contributed by atoms with Crippen molar-refractivity contribution in [3.8, 4) is 0 Å². The third kappa shape index (κ3) is 2.69. The van der Waals surface area contributed by atoms with E-state index < -0.39 is 0 Å². The Balaban J connectivity index is 1.93. The number of nitrogens with zero attached hydrogens (tertiary/aromatic N) is 1. The summed E-state index contributed by atoms with van der Waals surface area (Å²) in [5.41, 5.74) is 10.2. The van der Waals surface area contributed by atoms with Gasteiger partial charge in [-0.1, -0.05) is 37.3 Å². The van der Waals surface area contributed by atoms with Gasteiger partial charge >= 0.3 is 0 Å². The van der Waals surface area contributed by atoms with E-state index in [0.29, 0.717) is 6.54 Å². The lowest BCUT2D eigenvalue weighted by molar-refractivity contribution is 0.0983. The molecule has 2 aromatic carbocycles. The number of carbonyl (C=O) groups excluding carboxylic acids is 1. The summed E-state index contributed by atoms with van der Waals surface area (Å²) >= 11 is 0. The zero-order chi connectivity index (χ0) is 14.8. The van der Waals surface area contributed by atoms with Crippen molar-refractivity contribution in [3.63, 3.8) is 0 Å². The maximum absolute atomic E-state index is 12.8. The molecule has 1 atom stereocenters. The van der Waals surface area contributed by atoms with Crippen LogP contribution in [-0.4, -0.2) is 18.5 Å². The molecule has 0 radical (unpaired) electrons. The van der Waals surface area contributed by atoms with E-state index in [4.69, 9.17) is 5.73 Å². The molecule has 3 rings (SSSR count). The zero-order valence-electron chi connectivity index (χ0n) is 12.3. The SMILES string of the molecule is CCc1ccc(C(=O)N2CC(N)Cc3ccccc32)cc1. The third-order valence-corrected chi connectivity index (χ3v) is 4.04. The van der Waals surface area contributed by atoms with Crippen LogP contribution in [0.15, 0.2) is 48.5 Å². The maximum atomic E-state index is 12.8. The Bertz CT molecular complexity index is 649. The van der Waals surface area contributed by atoms with E-state index in [0.717, 1.165) is 29.7 Å². The molecule has 0 bridgehead atoms. The van der Waals surface area contributed by atoms with Crippen molar-refractivity contribution in [2.75, 3.05) is 11.4 Å². The van der Waals surface area contributed by atoms with E-state index in [1.807, 2.05) is 47.4 Å². The number of amides is 1. The number of nitrogens with two attached hydrogens (primary N) is 1. The topological polar surface area (TPSA) is 46.3 Å². The number of para-hydroxylation sites is 1. The van der Waals surface area contributed by atoms with Crippen molar-refractivity contribution in [1.29, 1.82) is 0 Å². The molecule has 3 nitrogen and oxygen atoms in total. The number of benzene rings is 2. The Hall–Kier alpha value is -2.13. The molecular weight excluding hydrogens is 260 g/mol. The number of aryl methyl sites for hydroxylation is 1. The summed E-state index contributed by atoms with van der Waals surface area (Å²) < 4.78 is 0. The number of hydrogen-bond donors (Lipinski definition) is 1. The van der Waals surface area contributed by atoms with Crippen LogP contribution in [0.2, 0.25) is 0 Å². The molecule has 0 spiro atoms. The van der Waals surface area contributed by atoms with Gasteiger partial charge in [0.25, 0.3) is 5.91 Å². The van der Waals surface area contributed by atoms with Crippen LogP contribution in [-0.2, 0) is 12.8 Å². The summed E-state index contributed by atoms with van der Waals surface area (Å²) in [6, 6.07) is 15.9. The molecule has 0 saturated heterocycles. The van der Waals surface area contributed by atoms with Crippen LogP contribution in [0.4, 0.5) is 5.69 Å². The fraction of sp³-hybridized carbons (Fsp3) is 0.278. The molecule has 0 saturated carbocycles. The van der Waals surface area contributed by atoms with E-state index in [2.05, 4.69) is 13.0 Å². The van der Waals surface area contributed by atoms with Crippen molar-refractivity contribution >= 4 is 11.6 Å². The quantitative estimate of drug-likeness (QED) is 0.919. The van der Waals surface area contributed by atoms with Gasteiger partial charge in [0.2, 0.25) is 0 Å². The second-order valence-corrected chi connectivity index (χ2v) is 5.56. The van der Waals surface area contributed by atoms with Crippen LogP contribution >= 0.6 is 0 Å². The molecule has 1 heterocycles. The van der Waals surface area contributed by atoms with Gasteiger partial charge in [-0.25, -0.2) is 0 Å². The molecule has 2 aromatic rings. The van der Waals surface area contributed by atoms with E-state index in [9.17, 15) is 4.79 Å². The van der Waals surface area contributed by atoms with Gasteiger partial charge in [0.1, 0.15) is 0 Å². The Kier molecular flexibility index (Phi) is 3.76. The molecule has 1 unspecified atom stereocenters. The first-order chi connectivity index (χ1) is 10.2. The first-order valence-electron chi connectivity index (χ1n) is 7.43. The highest BCUT2D eigenvalue weighted by molar-refractivity contribution is 6.06. The van der Waals surface area contributed by atoms with Crippen molar-refractivity contribution in [2.45, 2.75) is 25.8 Å². The molecule has 0 aliphatic carbocycles. The standard InChI is InChI=1S/C18H20N2O/c1-2-13-7-9-14(10-8-13)18(21)20-12-16(19)11-15-5-3-4-6-17(15)20/h3-10,16H,2,11-12,19H2,1H3. The number of rotatable bonds is 2. The summed E-state index contributed by atoms with van der Waals surface area (Å²) in [7, 11) is 0. The minimum Gasteiger partial charge on any atom is -0.326 e. The first-order valence-corrected chi connectivity index (χ1v) is 7.43. The fourth-order valence-electron chi connectivity index (χ4n) is 2.86. The highest BCUT2D eigenvalue weighted by atomic mass is 16.2. The third-order valence-electron chi connectivity index (χ3n) is 4.04.